The summed E-state index contributed by atoms with van der Waals surface area (Å²) in [5.74, 6) is -1.03. The van der Waals surface area contributed by atoms with E-state index < -0.39 is 17.8 Å². The van der Waals surface area contributed by atoms with Crippen molar-refractivity contribution in [2.24, 2.45) is 5.10 Å². The third kappa shape index (κ3) is 6.67. The molecule has 174 valence electrons. The molecule has 0 aliphatic heterocycles. The Balaban J connectivity index is 1.55. The summed E-state index contributed by atoms with van der Waals surface area (Å²) in [6.07, 6.45) is 1.38. The van der Waals surface area contributed by atoms with Crippen LogP contribution in [0.5, 0.6) is 11.5 Å². The van der Waals surface area contributed by atoms with E-state index in [1.165, 1.54) is 20.4 Å². The van der Waals surface area contributed by atoms with Gasteiger partial charge in [-0.05, 0) is 54.1 Å². The van der Waals surface area contributed by atoms with Crippen LogP contribution >= 0.6 is 0 Å². The number of carbonyl (C=O) groups is 3. The summed E-state index contributed by atoms with van der Waals surface area (Å²) >= 11 is 0. The van der Waals surface area contributed by atoms with E-state index in [0.717, 1.165) is 5.56 Å². The van der Waals surface area contributed by atoms with E-state index >= 15 is 0 Å². The zero-order valence-corrected chi connectivity index (χ0v) is 18.6. The van der Waals surface area contributed by atoms with Crippen molar-refractivity contribution < 1.29 is 28.6 Å². The molecule has 9 nitrogen and oxygen atoms in total. The number of esters is 1. The molecule has 3 aromatic carbocycles. The molecule has 0 aliphatic carbocycles. The molecule has 2 N–H and O–H groups in total. The van der Waals surface area contributed by atoms with E-state index in [1.807, 2.05) is 0 Å². The maximum absolute atomic E-state index is 12.0. The van der Waals surface area contributed by atoms with Gasteiger partial charge in [-0.3, -0.25) is 9.59 Å². The summed E-state index contributed by atoms with van der Waals surface area (Å²) in [6.45, 7) is 0.253. The van der Waals surface area contributed by atoms with Crippen molar-refractivity contribution in [3.05, 3.63) is 89.5 Å². The predicted octanol–water partition coefficient (Wildman–Crippen LogP) is 3.15. The standard InChI is InChI=1S/C25H23N3O6/c1-32-21-13-11-20(12-14-21)27-23(29)24(30)28-26-15-19-5-3-4-6-22(19)34-16-17-7-9-18(10-8-17)25(31)33-2/h3-15H,16H2,1-2H3,(H,27,29)(H,28,30)/b26-15+. The molecule has 0 aliphatic rings. The first kappa shape index (κ1) is 24.0. The fraction of sp³-hybridized carbons (Fsp3) is 0.120. The van der Waals surface area contributed by atoms with Crippen molar-refractivity contribution in [1.82, 2.24) is 5.43 Å². The first-order valence-corrected chi connectivity index (χ1v) is 10.2. The highest BCUT2D eigenvalue weighted by Crippen LogP contribution is 2.18. The molecule has 3 rings (SSSR count). The van der Waals surface area contributed by atoms with E-state index in [-0.39, 0.29) is 6.61 Å². The molecule has 0 unspecified atom stereocenters. The van der Waals surface area contributed by atoms with Crippen LogP contribution in [0, 0.1) is 0 Å². The summed E-state index contributed by atoms with van der Waals surface area (Å²) in [4.78, 5) is 35.6. The second-order valence-electron chi connectivity index (χ2n) is 6.90. The molecule has 34 heavy (non-hydrogen) atoms. The smallest absolute Gasteiger partial charge is 0.337 e. The minimum Gasteiger partial charge on any atom is -0.497 e. The molecule has 0 bridgehead atoms. The third-order valence-corrected chi connectivity index (χ3v) is 4.61. The Morgan fingerprint density at radius 2 is 1.59 bits per heavy atom. The number of hydrogen-bond donors (Lipinski definition) is 2. The van der Waals surface area contributed by atoms with Gasteiger partial charge in [0.05, 0.1) is 26.0 Å². The van der Waals surface area contributed by atoms with Crippen molar-refractivity contribution in [3.63, 3.8) is 0 Å². The summed E-state index contributed by atoms with van der Waals surface area (Å²) in [6, 6.07) is 20.5. The van der Waals surface area contributed by atoms with Gasteiger partial charge in [-0.15, -0.1) is 0 Å². The average molecular weight is 461 g/mol. The Morgan fingerprint density at radius 3 is 2.26 bits per heavy atom. The van der Waals surface area contributed by atoms with Crippen molar-refractivity contribution in [2.75, 3.05) is 19.5 Å². The van der Waals surface area contributed by atoms with Crippen molar-refractivity contribution >= 4 is 29.7 Å². The van der Waals surface area contributed by atoms with Crippen LogP contribution in [0.1, 0.15) is 21.5 Å². The first-order valence-electron chi connectivity index (χ1n) is 10.2. The van der Waals surface area contributed by atoms with Crippen LogP contribution in [0.2, 0.25) is 0 Å². The highest BCUT2D eigenvalue weighted by Gasteiger charge is 2.13. The van der Waals surface area contributed by atoms with Gasteiger partial charge >= 0.3 is 17.8 Å². The molecule has 0 spiro atoms. The molecule has 9 heteroatoms. The molecular weight excluding hydrogens is 438 g/mol. The van der Waals surface area contributed by atoms with Crippen LogP contribution in [0.15, 0.2) is 77.9 Å². The van der Waals surface area contributed by atoms with Gasteiger partial charge in [0.1, 0.15) is 18.1 Å². The van der Waals surface area contributed by atoms with Gasteiger partial charge in [0.2, 0.25) is 0 Å². The zero-order chi connectivity index (χ0) is 24.3. The highest BCUT2D eigenvalue weighted by molar-refractivity contribution is 6.39. The normalized spacial score (nSPS) is 10.4. The third-order valence-electron chi connectivity index (χ3n) is 4.61. The number of hydrazone groups is 1. The Bertz CT molecular complexity index is 1170. The van der Waals surface area contributed by atoms with Gasteiger partial charge in [-0.25, -0.2) is 10.2 Å². The van der Waals surface area contributed by atoms with Crippen molar-refractivity contribution in [1.29, 1.82) is 0 Å². The number of nitrogens with one attached hydrogen (secondary N) is 2. The monoisotopic (exact) mass is 461 g/mol. The number of methoxy groups -OCH3 is 2. The second kappa shape index (κ2) is 11.8. The van der Waals surface area contributed by atoms with Gasteiger partial charge in [0, 0.05) is 11.3 Å². The number of ether oxygens (including phenoxy) is 3. The molecule has 2 amide bonds. The van der Waals surface area contributed by atoms with Crippen LogP contribution in [0.4, 0.5) is 5.69 Å². The molecule has 0 aromatic heterocycles. The number of carbonyl (C=O) groups excluding carboxylic acids is 3. The van der Waals surface area contributed by atoms with Crippen molar-refractivity contribution in [3.8, 4) is 11.5 Å². The topological polar surface area (TPSA) is 115 Å². The molecule has 0 saturated heterocycles. The lowest BCUT2D eigenvalue weighted by Gasteiger charge is -2.09. The van der Waals surface area contributed by atoms with E-state index in [0.29, 0.717) is 28.3 Å². The lowest BCUT2D eigenvalue weighted by Crippen LogP contribution is -2.32. The number of amides is 2. The maximum atomic E-state index is 12.0. The van der Waals surface area contributed by atoms with Gasteiger partial charge in [0.25, 0.3) is 0 Å². The molecular formula is C25H23N3O6. The molecule has 0 fully saturated rings. The lowest BCUT2D eigenvalue weighted by molar-refractivity contribution is -0.136. The zero-order valence-electron chi connectivity index (χ0n) is 18.6. The van der Waals surface area contributed by atoms with Crippen LogP contribution in [-0.4, -0.2) is 38.2 Å². The van der Waals surface area contributed by atoms with E-state index in [9.17, 15) is 14.4 Å². The first-order chi connectivity index (χ1) is 16.5. The van der Waals surface area contributed by atoms with E-state index in [2.05, 4.69) is 20.6 Å². The molecule has 0 saturated carbocycles. The minimum atomic E-state index is -0.920. The molecule has 0 radical (unpaired) electrons. The molecule has 0 heterocycles. The van der Waals surface area contributed by atoms with Gasteiger partial charge in [-0.1, -0.05) is 24.3 Å². The van der Waals surface area contributed by atoms with Crippen LogP contribution in [0.3, 0.4) is 0 Å². The van der Waals surface area contributed by atoms with Crippen LogP contribution < -0.4 is 20.2 Å². The van der Waals surface area contributed by atoms with Gasteiger partial charge in [0.15, 0.2) is 0 Å². The predicted molar refractivity (Wildman–Crippen MR) is 126 cm³/mol. The second-order valence-corrected chi connectivity index (χ2v) is 6.90. The average Bonchev–Trinajstić information content (AvgIpc) is 2.88. The lowest BCUT2D eigenvalue weighted by atomic mass is 10.1. The van der Waals surface area contributed by atoms with E-state index in [1.54, 1.807) is 72.8 Å². The Kier molecular flexibility index (Phi) is 8.34. The fourth-order valence-corrected chi connectivity index (χ4v) is 2.81. The summed E-state index contributed by atoms with van der Waals surface area (Å²) in [7, 11) is 2.86. The summed E-state index contributed by atoms with van der Waals surface area (Å²) in [5, 5.41) is 6.32. The number of nitrogens with zero attached hydrogens (tertiary/aromatic N) is 1. The maximum Gasteiger partial charge on any atom is 0.337 e. The Morgan fingerprint density at radius 1 is 0.882 bits per heavy atom. The van der Waals surface area contributed by atoms with Gasteiger partial charge < -0.3 is 19.5 Å². The van der Waals surface area contributed by atoms with Crippen LogP contribution in [0.25, 0.3) is 0 Å². The minimum absolute atomic E-state index is 0.253. The number of hydrogen-bond acceptors (Lipinski definition) is 7. The number of benzene rings is 3. The van der Waals surface area contributed by atoms with Crippen molar-refractivity contribution in [2.45, 2.75) is 6.61 Å². The quantitative estimate of drug-likeness (QED) is 0.230. The number of rotatable bonds is 8. The van der Waals surface area contributed by atoms with Crippen LogP contribution in [-0.2, 0) is 20.9 Å². The fourth-order valence-electron chi connectivity index (χ4n) is 2.81. The molecule has 3 aromatic rings. The SMILES string of the molecule is COC(=O)c1ccc(COc2ccccc2/C=N/NC(=O)C(=O)Nc2ccc(OC)cc2)cc1. The Labute approximate surface area is 196 Å². The summed E-state index contributed by atoms with van der Waals surface area (Å²) < 4.78 is 15.6. The van der Waals surface area contributed by atoms with E-state index in [4.69, 9.17) is 9.47 Å². The number of anilines is 1. The Hall–Kier alpha value is -4.66. The van der Waals surface area contributed by atoms with Gasteiger partial charge in [-0.2, -0.15) is 5.10 Å². The summed E-state index contributed by atoms with van der Waals surface area (Å²) in [5.41, 5.74) is 4.54. The highest BCUT2D eigenvalue weighted by atomic mass is 16.5. The largest absolute Gasteiger partial charge is 0.497 e. The number of para-hydroxylation sites is 1. The molecule has 0 atom stereocenters.